The molecular formula is C17H26N2O2. The maximum Gasteiger partial charge on any atom is 0.182 e. The molecular weight excluding hydrogens is 264 g/mol. The molecule has 4 nitrogen and oxygen atoms in total. The van der Waals surface area contributed by atoms with Crippen molar-refractivity contribution in [2.45, 2.75) is 52.9 Å². The van der Waals surface area contributed by atoms with Crippen LogP contribution in [0.1, 0.15) is 52.9 Å². The van der Waals surface area contributed by atoms with E-state index in [9.17, 15) is 9.59 Å². The number of hydrogen-bond donors (Lipinski definition) is 1. The van der Waals surface area contributed by atoms with Gasteiger partial charge in [-0.1, -0.05) is 25.5 Å². The first-order valence-electron chi connectivity index (χ1n) is 7.74. The molecule has 2 rings (SSSR count). The Hall–Kier alpha value is -1.71. The highest BCUT2D eigenvalue weighted by atomic mass is 16.1. The maximum absolute atomic E-state index is 11.6. The van der Waals surface area contributed by atoms with Crippen molar-refractivity contribution >= 4 is 17.3 Å². The summed E-state index contributed by atoms with van der Waals surface area (Å²) in [5, 5.41) is 0. The van der Waals surface area contributed by atoms with Crippen molar-refractivity contribution < 1.29 is 9.59 Å². The summed E-state index contributed by atoms with van der Waals surface area (Å²) >= 11 is 0. The van der Waals surface area contributed by atoms with E-state index in [1.54, 1.807) is 6.08 Å². The number of aliphatic imine (C=N–C) groups is 1. The molecule has 0 spiro atoms. The van der Waals surface area contributed by atoms with Crippen molar-refractivity contribution in [2.75, 3.05) is 6.54 Å². The van der Waals surface area contributed by atoms with Gasteiger partial charge in [-0.15, -0.1) is 0 Å². The molecule has 0 saturated heterocycles. The zero-order valence-corrected chi connectivity index (χ0v) is 13.3. The number of rotatable bonds is 5. The zero-order valence-electron chi connectivity index (χ0n) is 13.3. The number of nitrogens with two attached hydrogens (primary N) is 1. The van der Waals surface area contributed by atoms with Crippen LogP contribution in [-0.4, -0.2) is 23.8 Å². The fourth-order valence-electron chi connectivity index (χ4n) is 2.03. The molecule has 1 saturated carbocycles. The van der Waals surface area contributed by atoms with Gasteiger partial charge in [-0.3, -0.25) is 14.6 Å². The van der Waals surface area contributed by atoms with Crippen LogP contribution in [0.15, 0.2) is 28.4 Å². The van der Waals surface area contributed by atoms with Crippen LogP contribution >= 0.6 is 0 Å². The first-order valence-corrected chi connectivity index (χ1v) is 7.74. The second kappa shape index (κ2) is 8.55. The van der Waals surface area contributed by atoms with Gasteiger partial charge < -0.3 is 5.73 Å². The fourth-order valence-corrected chi connectivity index (χ4v) is 2.03. The highest BCUT2D eigenvalue weighted by Crippen LogP contribution is 2.30. The summed E-state index contributed by atoms with van der Waals surface area (Å²) in [5.41, 5.74) is 7.77. The normalized spacial score (nSPS) is 17.6. The van der Waals surface area contributed by atoms with Crippen LogP contribution in [0.3, 0.4) is 0 Å². The van der Waals surface area contributed by atoms with E-state index in [1.807, 2.05) is 26.8 Å². The SMILES string of the molecule is CCC(=O)C1CC1.CCCC(=O)C1=NCC=C(C)C=C1N. The van der Waals surface area contributed by atoms with Crippen LogP contribution in [0, 0.1) is 5.92 Å². The lowest BCUT2D eigenvalue weighted by Crippen LogP contribution is -2.21. The molecule has 1 fully saturated rings. The third-order valence-electron chi connectivity index (χ3n) is 3.44. The van der Waals surface area contributed by atoms with Gasteiger partial charge in [0.15, 0.2) is 5.78 Å². The molecule has 0 amide bonds. The second-order valence-corrected chi connectivity index (χ2v) is 5.50. The monoisotopic (exact) mass is 290 g/mol. The quantitative estimate of drug-likeness (QED) is 0.846. The summed E-state index contributed by atoms with van der Waals surface area (Å²) in [7, 11) is 0. The number of hydrogen-bond acceptors (Lipinski definition) is 4. The largest absolute Gasteiger partial charge is 0.397 e. The van der Waals surface area contributed by atoms with E-state index in [1.165, 1.54) is 0 Å². The highest BCUT2D eigenvalue weighted by molar-refractivity contribution is 6.46. The summed E-state index contributed by atoms with van der Waals surface area (Å²) in [6, 6.07) is 0. The molecule has 116 valence electrons. The van der Waals surface area contributed by atoms with Gasteiger partial charge in [0.2, 0.25) is 0 Å². The smallest absolute Gasteiger partial charge is 0.182 e. The minimum atomic E-state index is 0.0457. The molecule has 0 aromatic heterocycles. The molecule has 0 atom stereocenters. The van der Waals surface area contributed by atoms with Gasteiger partial charge in [0, 0.05) is 18.8 Å². The van der Waals surface area contributed by atoms with E-state index < -0.39 is 0 Å². The lowest BCUT2D eigenvalue weighted by atomic mass is 10.1. The van der Waals surface area contributed by atoms with E-state index >= 15 is 0 Å². The Bertz CT molecular complexity index is 483. The summed E-state index contributed by atoms with van der Waals surface area (Å²) in [6.45, 7) is 6.41. The van der Waals surface area contributed by atoms with Crippen LogP contribution in [-0.2, 0) is 9.59 Å². The Kier molecular flexibility index (Phi) is 7.06. The Morgan fingerprint density at radius 2 is 2.00 bits per heavy atom. The zero-order chi connectivity index (χ0) is 15.8. The van der Waals surface area contributed by atoms with Crippen molar-refractivity contribution in [3.8, 4) is 0 Å². The third kappa shape index (κ3) is 6.06. The molecule has 1 heterocycles. The predicted octanol–water partition coefficient (Wildman–Crippen LogP) is 2.97. The lowest BCUT2D eigenvalue weighted by molar-refractivity contribution is -0.120. The van der Waals surface area contributed by atoms with Crippen molar-refractivity contribution in [2.24, 2.45) is 16.6 Å². The standard InChI is InChI=1S/C11H16N2O.C6H10O/c1-3-4-10(14)11-9(12)7-8(2)5-6-13-11;1-2-6(7)5-3-4-5/h5,7H,3-4,6,12H2,1-2H3;5H,2-4H2,1H3. The summed E-state index contributed by atoms with van der Waals surface area (Å²) in [5.74, 6) is 0.981. The molecule has 4 heteroatoms. The average Bonchev–Trinajstić information content (AvgIpc) is 3.27. The number of Topliss-reactive ketones (excluding diaryl/α,β-unsaturated/α-hetero) is 2. The number of carbonyl (C=O) groups excluding carboxylic acids is 2. The van der Waals surface area contributed by atoms with Gasteiger partial charge in [0.25, 0.3) is 0 Å². The van der Waals surface area contributed by atoms with Crippen LogP contribution in [0.2, 0.25) is 0 Å². The third-order valence-corrected chi connectivity index (χ3v) is 3.44. The first kappa shape index (κ1) is 17.3. The van der Waals surface area contributed by atoms with Gasteiger partial charge >= 0.3 is 0 Å². The average molecular weight is 290 g/mol. The van der Waals surface area contributed by atoms with E-state index in [-0.39, 0.29) is 5.78 Å². The van der Waals surface area contributed by atoms with Crippen LogP contribution in [0.4, 0.5) is 0 Å². The van der Waals surface area contributed by atoms with Crippen molar-refractivity contribution in [1.82, 2.24) is 0 Å². The summed E-state index contributed by atoms with van der Waals surface area (Å²) in [4.78, 5) is 26.3. The molecule has 21 heavy (non-hydrogen) atoms. The Morgan fingerprint density at radius 3 is 2.48 bits per heavy atom. The molecule has 2 aliphatic rings. The van der Waals surface area contributed by atoms with E-state index in [4.69, 9.17) is 5.73 Å². The Labute approximate surface area is 127 Å². The van der Waals surface area contributed by atoms with Crippen molar-refractivity contribution in [3.63, 3.8) is 0 Å². The molecule has 0 aromatic rings. The number of ketones is 2. The predicted molar refractivity (Wildman–Crippen MR) is 86.3 cm³/mol. The van der Waals surface area contributed by atoms with E-state index in [0.29, 0.717) is 36.1 Å². The number of carbonyl (C=O) groups is 2. The van der Waals surface area contributed by atoms with Gasteiger partial charge in [-0.05, 0) is 32.3 Å². The van der Waals surface area contributed by atoms with E-state index in [2.05, 4.69) is 4.99 Å². The van der Waals surface area contributed by atoms with Gasteiger partial charge in [0.05, 0.1) is 12.2 Å². The van der Waals surface area contributed by atoms with Crippen LogP contribution < -0.4 is 5.73 Å². The van der Waals surface area contributed by atoms with E-state index in [0.717, 1.165) is 31.3 Å². The number of allylic oxidation sites excluding steroid dienone is 3. The molecule has 0 radical (unpaired) electrons. The molecule has 2 N–H and O–H groups in total. The molecule has 1 aliphatic carbocycles. The van der Waals surface area contributed by atoms with Gasteiger partial charge in [0.1, 0.15) is 11.5 Å². The van der Waals surface area contributed by atoms with Gasteiger partial charge in [-0.2, -0.15) is 0 Å². The molecule has 1 aliphatic heterocycles. The fraction of sp³-hybridized carbons (Fsp3) is 0.588. The topological polar surface area (TPSA) is 72.5 Å². The Balaban J connectivity index is 0.000000262. The first-order chi connectivity index (χ1) is 9.99. The molecule has 0 bridgehead atoms. The van der Waals surface area contributed by atoms with Crippen molar-refractivity contribution in [3.05, 3.63) is 23.4 Å². The second-order valence-electron chi connectivity index (χ2n) is 5.50. The summed E-state index contributed by atoms with van der Waals surface area (Å²) < 4.78 is 0. The minimum Gasteiger partial charge on any atom is -0.397 e. The maximum atomic E-state index is 11.6. The molecule has 0 aromatic carbocycles. The Morgan fingerprint density at radius 1 is 1.33 bits per heavy atom. The minimum absolute atomic E-state index is 0.0457. The van der Waals surface area contributed by atoms with Crippen LogP contribution in [0.5, 0.6) is 0 Å². The highest BCUT2D eigenvalue weighted by Gasteiger charge is 2.27. The number of nitrogens with zero attached hydrogens (tertiary/aromatic N) is 1. The molecule has 0 unspecified atom stereocenters. The summed E-state index contributed by atoms with van der Waals surface area (Å²) in [6.07, 6.45) is 8.17. The lowest BCUT2D eigenvalue weighted by Gasteiger charge is -2.03. The van der Waals surface area contributed by atoms with Gasteiger partial charge in [-0.25, -0.2) is 0 Å². The van der Waals surface area contributed by atoms with Crippen LogP contribution in [0.25, 0.3) is 0 Å². The van der Waals surface area contributed by atoms with Crippen molar-refractivity contribution in [1.29, 1.82) is 0 Å².